The lowest BCUT2D eigenvalue weighted by Gasteiger charge is -2.45. The maximum Gasteiger partial charge on any atom is 0.271 e. The Labute approximate surface area is 213 Å². The molecule has 0 radical (unpaired) electrons. The number of nitrogens with zero attached hydrogens (tertiary/aromatic N) is 2. The summed E-state index contributed by atoms with van der Waals surface area (Å²) in [6.45, 7) is 5.08. The number of para-hydroxylation sites is 1. The lowest BCUT2D eigenvalue weighted by Crippen LogP contribution is -2.64. The largest absolute Gasteiger partial charge is 0.494 e. The zero-order chi connectivity index (χ0) is 25.1. The van der Waals surface area contributed by atoms with Gasteiger partial charge in [-0.25, -0.2) is 0 Å². The van der Waals surface area contributed by atoms with Crippen LogP contribution in [0.4, 0.5) is 0 Å². The van der Waals surface area contributed by atoms with Gasteiger partial charge in [-0.1, -0.05) is 67.8 Å². The van der Waals surface area contributed by atoms with E-state index in [1.165, 1.54) is 6.42 Å². The van der Waals surface area contributed by atoms with E-state index in [0.29, 0.717) is 25.4 Å². The summed E-state index contributed by atoms with van der Waals surface area (Å²) in [5, 5.41) is 3.31. The van der Waals surface area contributed by atoms with Gasteiger partial charge in [0.05, 0.1) is 19.7 Å². The molecule has 2 amide bonds. The number of fused-ring (bicyclic) bond motifs is 1. The number of amides is 2. The SMILES string of the molecule is CCOc1ccccc1CN1C(=O)c2ccc(-c3ccccc3)n2CC1(C)C(=O)NC1CCCCC1. The number of carbonyl (C=O) groups excluding carboxylic acids is 2. The molecule has 6 heteroatoms. The highest BCUT2D eigenvalue weighted by molar-refractivity contribution is 6.00. The molecular formula is C30H35N3O3. The summed E-state index contributed by atoms with van der Waals surface area (Å²) in [6.07, 6.45) is 5.47. The zero-order valence-corrected chi connectivity index (χ0v) is 21.2. The van der Waals surface area contributed by atoms with Crippen LogP contribution in [0.5, 0.6) is 5.75 Å². The lowest BCUT2D eigenvalue weighted by molar-refractivity contribution is -0.134. The van der Waals surface area contributed by atoms with E-state index in [4.69, 9.17) is 4.74 Å². The third-order valence-electron chi connectivity index (χ3n) is 7.61. The van der Waals surface area contributed by atoms with Gasteiger partial charge >= 0.3 is 0 Å². The van der Waals surface area contributed by atoms with Crippen molar-refractivity contribution in [2.24, 2.45) is 0 Å². The smallest absolute Gasteiger partial charge is 0.271 e. The maximum absolute atomic E-state index is 14.0. The number of hydrogen-bond acceptors (Lipinski definition) is 3. The molecule has 36 heavy (non-hydrogen) atoms. The molecule has 1 aliphatic heterocycles. The summed E-state index contributed by atoms with van der Waals surface area (Å²) in [7, 11) is 0. The van der Waals surface area contributed by atoms with Crippen LogP contribution in [0.15, 0.2) is 66.7 Å². The second-order valence-corrected chi connectivity index (χ2v) is 10.1. The van der Waals surface area contributed by atoms with Gasteiger partial charge in [0.1, 0.15) is 17.0 Å². The quantitative estimate of drug-likeness (QED) is 0.486. The molecule has 1 N–H and O–H groups in total. The first kappa shape index (κ1) is 24.2. The van der Waals surface area contributed by atoms with E-state index in [0.717, 1.165) is 48.3 Å². The molecule has 1 saturated carbocycles. The van der Waals surface area contributed by atoms with Gasteiger partial charge in [-0.15, -0.1) is 0 Å². The number of aromatic nitrogens is 1. The van der Waals surface area contributed by atoms with E-state index in [1.54, 1.807) is 4.90 Å². The summed E-state index contributed by atoms with van der Waals surface area (Å²) >= 11 is 0. The Bertz CT molecular complexity index is 1230. The molecule has 0 bridgehead atoms. The standard InChI is InChI=1S/C30H35N3O3/c1-3-36-27-17-11-10-14-23(27)20-33-28(34)26-19-18-25(22-12-6-4-7-13-22)32(26)21-30(33,2)29(35)31-24-15-8-5-9-16-24/h4,6-7,10-14,17-19,24H,3,5,8-9,15-16,20-21H2,1-2H3,(H,31,35). The van der Waals surface area contributed by atoms with Gasteiger partial charge in [0, 0.05) is 17.3 Å². The van der Waals surface area contributed by atoms with Gasteiger partial charge in [-0.05, 0) is 50.5 Å². The normalized spacial score (nSPS) is 20.2. The van der Waals surface area contributed by atoms with E-state index in [1.807, 2.05) is 85.1 Å². The molecule has 0 saturated heterocycles. The van der Waals surface area contributed by atoms with Crippen molar-refractivity contribution in [1.82, 2.24) is 14.8 Å². The number of ether oxygens (including phenoxy) is 1. The Balaban J connectivity index is 1.54. The Hall–Kier alpha value is -3.54. The molecule has 1 aliphatic carbocycles. The Kier molecular flexibility index (Phi) is 6.86. The van der Waals surface area contributed by atoms with Gasteiger partial charge in [0.15, 0.2) is 0 Å². The van der Waals surface area contributed by atoms with Crippen molar-refractivity contribution in [3.8, 4) is 17.0 Å². The molecule has 2 heterocycles. The molecule has 5 rings (SSSR count). The first-order valence-electron chi connectivity index (χ1n) is 13.1. The van der Waals surface area contributed by atoms with Crippen molar-refractivity contribution in [3.05, 3.63) is 78.0 Å². The molecule has 2 aromatic carbocycles. The fourth-order valence-corrected chi connectivity index (χ4v) is 5.57. The lowest BCUT2D eigenvalue weighted by atomic mass is 9.91. The number of carbonyl (C=O) groups is 2. The van der Waals surface area contributed by atoms with Gasteiger partial charge in [-0.2, -0.15) is 0 Å². The Morgan fingerprint density at radius 1 is 0.972 bits per heavy atom. The summed E-state index contributed by atoms with van der Waals surface area (Å²) in [4.78, 5) is 29.7. The van der Waals surface area contributed by atoms with Crippen molar-refractivity contribution in [3.63, 3.8) is 0 Å². The summed E-state index contributed by atoms with van der Waals surface area (Å²) < 4.78 is 7.87. The van der Waals surface area contributed by atoms with Gasteiger partial charge in [-0.3, -0.25) is 9.59 Å². The highest BCUT2D eigenvalue weighted by Gasteiger charge is 2.48. The minimum atomic E-state index is -1.05. The number of benzene rings is 2. The molecule has 1 unspecified atom stereocenters. The van der Waals surface area contributed by atoms with E-state index in [9.17, 15) is 9.59 Å². The first-order valence-corrected chi connectivity index (χ1v) is 13.1. The first-order chi connectivity index (χ1) is 17.5. The van der Waals surface area contributed by atoms with Crippen LogP contribution in [0.2, 0.25) is 0 Å². The fourth-order valence-electron chi connectivity index (χ4n) is 5.57. The maximum atomic E-state index is 14.0. The highest BCUT2D eigenvalue weighted by atomic mass is 16.5. The van der Waals surface area contributed by atoms with Crippen LogP contribution in [0, 0.1) is 0 Å². The second-order valence-electron chi connectivity index (χ2n) is 10.1. The van der Waals surface area contributed by atoms with Crippen LogP contribution in [0.1, 0.15) is 62.0 Å². The van der Waals surface area contributed by atoms with Gasteiger partial charge in [0.25, 0.3) is 5.91 Å². The number of nitrogens with one attached hydrogen (secondary N) is 1. The number of hydrogen-bond donors (Lipinski definition) is 1. The van der Waals surface area contributed by atoms with Crippen molar-refractivity contribution in [2.75, 3.05) is 6.61 Å². The topological polar surface area (TPSA) is 63.6 Å². The molecule has 3 aromatic rings. The van der Waals surface area contributed by atoms with E-state index in [-0.39, 0.29) is 17.9 Å². The molecule has 0 spiro atoms. The minimum absolute atomic E-state index is 0.0880. The van der Waals surface area contributed by atoms with Crippen molar-refractivity contribution < 1.29 is 14.3 Å². The average molecular weight is 486 g/mol. The van der Waals surface area contributed by atoms with Crippen LogP contribution < -0.4 is 10.1 Å². The molecule has 1 aromatic heterocycles. The van der Waals surface area contributed by atoms with Crippen molar-refractivity contribution in [2.45, 2.75) is 70.6 Å². The second kappa shape index (κ2) is 10.2. The van der Waals surface area contributed by atoms with Crippen molar-refractivity contribution in [1.29, 1.82) is 0 Å². The van der Waals surface area contributed by atoms with Crippen LogP contribution in [0.3, 0.4) is 0 Å². The minimum Gasteiger partial charge on any atom is -0.494 e. The molecule has 2 aliphatic rings. The highest BCUT2D eigenvalue weighted by Crippen LogP contribution is 2.35. The van der Waals surface area contributed by atoms with Crippen LogP contribution >= 0.6 is 0 Å². The molecular weight excluding hydrogens is 450 g/mol. The summed E-state index contributed by atoms with van der Waals surface area (Å²) in [5.74, 6) is 0.514. The van der Waals surface area contributed by atoms with Crippen LogP contribution in [-0.2, 0) is 17.9 Å². The third-order valence-corrected chi connectivity index (χ3v) is 7.61. The number of rotatable bonds is 7. The molecule has 1 fully saturated rings. The molecule has 1 atom stereocenters. The van der Waals surface area contributed by atoms with Crippen molar-refractivity contribution >= 4 is 11.8 Å². The average Bonchev–Trinajstić information content (AvgIpc) is 3.32. The predicted molar refractivity (Wildman–Crippen MR) is 141 cm³/mol. The molecule has 6 nitrogen and oxygen atoms in total. The summed E-state index contributed by atoms with van der Waals surface area (Å²) in [5.41, 5.74) is 2.42. The fraction of sp³-hybridized carbons (Fsp3) is 0.400. The Morgan fingerprint density at radius 2 is 1.67 bits per heavy atom. The van der Waals surface area contributed by atoms with E-state index < -0.39 is 5.54 Å². The van der Waals surface area contributed by atoms with Crippen LogP contribution in [-0.4, -0.2) is 39.5 Å². The van der Waals surface area contributed by atoms with E-state index >= 15 is 0 Å². The molecule has 188 valence electrons. The monoisotopic (exact) mass is 485 g/mol. The predicted octanol–water partition coefficient (Wildman–Crippen LogP) is 5.42. The van der Waals surface area contributed by atoms with E-state index in [2.05, 4.69) is 5.32 Å². The van der Waals surface area contributed by atoms with Gasteiger partial charge in [0.2, 0.25) is 5.91 Å². The van der Waals surface area contributed by atoms with Gasteiger partial charge < -0.3 is 19.5 Å². The zero-order valence-electron chi connectivity index (χ0n) is 21.2. The Morgan fingerprint density at radius 3 is 2.42 bits per heavy atom. The summed E-state index contributed by atoms with van der Waals surface area (Å²) in [6, 6.07) is 21.8. The van der Waals surface area contributed by atoms with Crippen LogP contribution in [0.25, 0.3) is 11.3 Å². The third kappa shape index (κ3) is 4.52.